The molecule has 0 radical (unpaired) electrons. The van der Waals surface area contributed by atoms with E-state index in [1.165, 1.54) is 152 Å². The van der Waals surface area contributed by atoms with Gasteiger partial charge in [-0.15, -0.1) is 0 Å². The van der Waals surface area contributed by atoms with E-state index >= 15 is 0 Å². The zero-order valence-electron chi connectivity index (χ0n) is 49.5. The molecule has 0 amide bonds. The molecule has 15 aromatic carbocycles. The Morgan fingerprint density at radius 1 is 0.250 bits per heavy atom. The number of benzene rings is 15. The van der Waals surface area contributed by atoms with Gasteiger partial charge in [-0.2, -0.15) is 0 Å². The van der Waals surface area contributed by atoms with Crippen LogP contribution < -0.4 is 9.47 Å². The second kappa shape index (κ2) is 20.6. The fraction of sp³-hybridized carbons (Fsp3) is 0.289. The summed E-state index contributed by atoms with van der Waals surface area (Å²) in [5, 5.41) is 32.2. The molecule has 0 heterocycles. The van der Waals surface area contributed by atoms with Crippen LogP contribution in [0.5, 0.6) is 11.5 Å². The molecule has 0 aliphatic carbocycles. The van der Waals surface area contributed by atoms with Gasteiger partial charge in [0.1, 0.15) is 24.7 Å². The summed E-state index contributed by atoms with van der Waals surface area (Å²) in [5.74, 6) is 1.62. The Bertz CT molecular complexity index is 4560. The first-order valence-electron chi connectivity index (χ1n) is 29.9. The van der Waals surface area contributed by atoms with E-state index in [1.54, 1.807) is 14.2 Å². The lowest BCUT2D eigenvalue weighted by atomic mass is 9.71. The standard InChI is InChI=1S/C76H70O8/c1-75(2,3)47-39-59-53-13-9-11-51-55-35-45(43-15-19-49(20-16-43)83-33-31-81-29-27-79-25-23-77-7)37-57-58-38-46(44-17-21-50(22-18-44)84-34-32-82-30-28-80-26-24-78-8)36-56-52-12-10-14-54-60-40-48(76(4,5)6)42-62-61(41-47)67(59)73-69(63(51)53)71(65(55)57)72(66(56)58)70(64(52)54)74(73)68(60)62/h9-22,35-42H,23-34H2,1-8H3. The Morgan fingerprint density at radius 3 is 0.798 bits per heavy atom. The van der Waals surface area contributed by atoms with E-state index in [2.05, 4.69) is 175 Å². The van der Waals surface area contributed by atoms with Crippen LogP contribution in [0.3, 0.4) is 0 Å². The summed E-state index contributed by atoms with van der Waals surface area (Å²) in [5.41, 5.74) is 7.14. The zero-order chi connectivity index (χ0) is 57.2. The Labute approximate surface area is 489 Å². The van der Waals surface area contributed by atoms with E-state index in [-0.39, 0.29) is 10.8 Å². The largest absolute Gasteiger partial charge is 0.491 e. The SMILES string of the molecule is COCCOCCOCCOc1ccc(-c2cc3c4cccc5c6cc(C(C)(C)C)cc7c8cc(C(C)(C)C)cc9c%10cccc%11c%12cc(-c%13ccc(OCCOCCOCCOC)cc%13)cc%13c(c2)c3c2c(c45)c(c67)c(c98)c(c%11%10)c2c%12%13)cc1. The van der Waals surface area contributed by atoms with Crippen molar-refractivity contribution in [3.63, 3.8) is 0 Å². The number of rotatable bonds is 22. The fourth-order valence-corrected chi connectivity index (χ4v) is 14.2. The summed E-state index contributed by atoms with van der Waals surface area (Å²) in [6.45, 7) is 20.4. The summed E-state index contributed by atoms with van der Waals surface area (Å²) in [6, 6.07) is 51.7. The van der Waals surface area contributed by atoms with Crippen LogP contribution in [0, 0.1) is 0 Å². The van der Waals surface area contributed by atoms with Crippen molar-refractivity contribution in [3.05, 3.63) is 145 Å². The lowest BCUT2D eigenvalue weighted by molar-refractivity contribution is 0.0180. The van der Waals surface area contributed by atoms with Crippen molar-refractivity contribution >= 4 is 129 Å². The van der Waals surface area contributed by atoms with E-state index in [1.807, 2.05) is 0 Å². The first-order valence-corrected chi connectivity index (χ1v) is 29.9. The second-order valence-corrected chi connectivity index (χ2v) is 25.2. The smallest absolute Gasteiger partial charge is 0.119 e. The van der Waals surface area contributed by atoms with Crippen LogP contribution in [-0.4, -0.2) is 93.5 Å². The maximum Gasteiger partial charge on any atom is 0.119 e. The van der Waals surface area contributed by atoms with Gasteiger partial charge in [0, 0.05) is 14.2 Å². The normalized spacial score (nSPS) is 13.1. The van der Waals surface area contributed by atoms with Gasteiger partial charge in [0.05, 0.1) is 66.1 Å². The molecule has 8 heteroatoms. The quantitative estimate of drug-likeness (QED) is 0.0378. The average molecular weight is 1110 g/mol. The van der Waals surface area contributed by atoms with Gasteiger partial charge in [-0.3, -0.25) is 0 Å². The molecular weight excluding hydrogens is 1040 g/mol. The van der Waals surface area contributed by atoms with Gasteiger partial charge in [-0.25, -0.2) is 0 Å². The molecule has 15 aromatic rings. The second-order valence-electron chi connectivity index (χ2n) is 25.2. The highest BCUT2D eigenvalue weighted by molar-refractivity contribution is 6.61. The Hall–Kier alpha value is -7.66. The molecule has 0 saturated carbocycles. The van der Waals surface area contributed by atoms with Crippen molar-refractivity contribution in [3.8, 4) is 33.8 Å². The molecule has 0 aliphatic rings. The Balaban J connectivity index is 0.981. The minimum atomic E-state index is -0.0825. The first-order chi connectivity index (χ1) is 40.9. The molecule has 0 saturated heterocycles. The van der Waals surface area contributed by atoms with Crippen LogP contribution in [0.2, 0.25) is 0 Å². The third kappa shape index (κ3) is 8.39. The molecule has 0 aromatic heterocycles. The predicted octanol–water partition coefficient (Wildman–Crippen LogP) is 18.2. The van der Waals surface area contributed by atoms with Crippen molar-refractivity contribution in [2.45, 2.75) is 52.4 Å². The third-order valence-electron chi connectivity index (χ3n) is 18.1. The minimum absolute atomic E-state index is 0.0825. The molecule has 0 unspecified atom stereocenters. The van der Waals surface area contributed by atoms with E-state index in [9.17, 15) is 0 Å². The maximum atomic E-state index is 6.24. The molecule has 0 N–H and O–H groups in total. The number of ether oxygens (including phenoxy) is 8. The van der Waals surface area contributed by atoms with Gasteiger partial charge in [-0.05, 0) is 246 Å². The number of fused-ring (bicyclic) bond motifs is 6. The van der Waals surface area contributed by atoms with Gasteiger partial charge in [0.2, 0.25) is 0 Å². The Kier molecular flexibility index (Phi) is 13.0. The Morgan fingerprint density at radius 2 is 0.500 bits per heavy atom. The molecule has 0 bridgehead atoms. The molecular formula is C76H70O8. The summed E-state index contributed by atoms with van der Waals surface area (Å²) >= 11 is 0. The van der Waals surface area contributed by atoms with E-state index in [4.69, 9.17) is 37.9 Å². The topological polar surface area (TPSA) is 73.8 Å². The molecule has 84 heavy (non-hydrogen) atoms. The highest BCUT2D eigenvalue weighted by Gasteiger charge is 2.33. The molecule has 0 aliphatic heterocycles. The van der Waals surface area contributed by atoms with E-state index < -0.39 is 0 Å². The van der Waals surface area contributed by atoms with Crippen molar-refractivity contribution in [2.24, 2.45) is 0 Å². The highest BCUT2D eigenvalue weighted by Crippen LogP contribution is 2.61. The summed E-state index contributed by atoms with van der Waals surface area (Å²) in [6.07, 6.45) is 0. The van der Waals surface area contributed by atoms with Crippen molar-refractivity contribution in [1.82, 2.24) is 0 Å². The molecule has 0 spiro atoms. The fourth-order valence-electron chi connectivity index (χ4n) is 14.2. The van der Waals surface area contributed by atoms with Gasteiger partial charge in [-0.1, -0.05) is 102 Å². The van der Waals surface area contributed by atoms with Crippen molar-refractivity contribution in [2.75, 3.05) is 93.5 Å². The average Bonchev–Trinajstić information content (AvgIpc) is 0.665. The molecule has 8 nitrogen and oxygen atoms in total. The number of methoxy groups -OCH3 is 2. The summed E-state index contributed by atoms with van der Waals surface area (Å²) < 4.78 is 45.4. The van der Waals surface area contributed by atoms with Gasteiger partial charge < -0.3 is 37.9 Å². The van der Waals surface area contributed by atoms with Crippen LogP contribution in [0.15, 0.2) is 133 Å². The van der Waals surface area contributed by atoms with Crippen LogP contribution in [0.4, 0.5) is 0 Å². The number of hydrogen-bond donors (Lipinski definition) is 0. The molecule has 15 rings (SSSR count). The van der Waals surface area contributed by atoms with E-state index in [0.29, 0.717) is 79.3 Å². The molecule has 0 atom stereocenters. The molecule has 0 fully saturated rings. The zero-order valence-corrected chi connectivity index (χ0v) is 49.5. The summed E-state index contributed by atoms with van der Waals surface area (Å²) in [7, 11) is 3.35. The van der Waals surface area contributed by atoms with Gasteiger partial charge >= 0.3 is 0 Å². The van der Waals surface area contributed by atoms with Crippen LogP contribution in [-0.2, 0) is 39.3 Å². The van der Waals surface area contributed by atoms with Crippen LogP contribution in [0.25, 0.3) is 152 Å². The lowest BCUT2D eigenvalue weighted by Gasteiger charge is -2.31. The summed E-state index contributed by atoms with van der Waals surface area (Å²) in [4.78, 5) is 0. The maximum absolute atomic E-state index is 6.24. The monoisotopic (exact) mass is 1110 g/mol. The van der Waals surface area contributed by atoms with E-state index in [0.717, 1.165) is 22.6 Å². The third-order valence-corrected chi connectivity index (χ3v) is 18.1. The molecule has 422 valence electrons. The van der Waals surface area contributed by atoms with Crippen molar-refractivity contribution in [1.29, 1.82) is 0 Å². The minimum Gasteiger partial charge on any atom is -0.491 e. The predicted molar refractivity (Wildman–Crippen MR) is 350 cm³/mol. The van der Waals surface area contributed by atoms with Crippen LogP contribution in [0.1, 0.15) is 52.7 Å². The number of hydrogen-bond acceptors (Lipinski definition) is 8. The van der Waals surface area contributed by atoms with Crippen LogP contribution >= 0.6 is 0 Å². The van der Waals surface area contributed by atoms with Gasteiger partial charge in [0.25, 0.3) is 0 Å². The lowest BCUT2D eigenvalue weighted by Crippen LogP contribution is -2.12. The highest BCUT2D eigenvalue weighted by atomic mass is 16.6. The van der Waals surface area contributed by atoms with Gasteiger partial charge in [0.15, 0.2) is 0 Å². The first kappa shape index (κ1) is 53.1. The van der Waals surface area contributed by atoms with Crippen molar-refractivity contribution < 1.29 is 37.9 Å².